The molecule has 0 aliphatic carbocycles. The summed E-state index contributed by atoms with van der Waals surface area (Å²) >= 11 is 5.76. The second-order valence-corrected chi connectivity index (χ2v) is 6.82. The average Bonchev–Trinajstić information content (AvgIpc) is 2.35. The van der Waals surface area contributed by atoms with Crippen molar-refractivity contribution in [3.8, 4) is 0 Å². The van der Waals surface area contributed by atoms with Gasteiger partial charge in [-0.15, -0.1) is 0 Å². The van der Waals surface area contributed by atoms with Gasteiger partial charge in [0.25, 0.3) is 0 Å². The monoisotopic (exact) mass is 302 g/mol. The van der Waals surface area contributed by atoms with E-state index in [0.717, 1.165) is 0 Å². The van der Waals surface area contributed by atoms with Crippen molar-refractivity contribution >= 4 is 27.5 Å². The first-order chi connectivity index (χ1) is 8.90. The van der Waals surface area contributed by atoms with Crippen molar-refractivity contribution in [1.29, 1.82) is 0 Å². The van der Waals surface area contributed by atoms with Gasteiger partial charge in [0.15, 0.2) is 0 Å². The molecule has 7 heteroatoms. The van der Waals surface area contributed by atoms with Crippen LogP contribution in [0.1, 0.15) is 12.5 Å². The minimum absolute atomic E-state index is 0.123. The molecule has 1 aromatic carbocycles. The Morgan fingerprint density at radius 1 is 1.37 bits per heavy atom. The molecule has 1 saturated heterocycles. The quantitative estimate of drug-likeness (QED) is 0.905. The van der Waals surface area contributed by atoms with Gasteiger partial charge in [-0.05, 0) is 24.6 Å². The van der Waals surface area contributed by atoms with E-state index in [2.05, 4.69) is 5.32 Å². The first-order valence-electron chi connectivity index (χ1n) is 5.92. The number of amides is 1. The largest absolute Gasteiger partial charge is 0.353 e. The molecule has 0 radical (unpaired) electrons. The summed E-state index contributed by atoms with van der Waals surface area (Å²) in [5.41, 5.74) is 0.655. The molecule has 5 nitrogen and oxygen atoms in total. The number of piperazine rings is 1. The van der Waals surface area contributed by atoms with Gasteiger partial charge < -0.3 is 5.32 Å². The van der Waals surface area contributed by atoms with E-state index >= 15 is 0 Å². The van der Waals surface area contributed by atoms with Crippen molar-refractivity contribution in [2.45, 2.75) is 18.7 Å². The standard InChI is InChI=1S/C12H15ClN2O3S/c1-9-12(16)14-6-7-15(9)19(17,18)8-10-2-4-11(13)5-3-10/h2-5,9H,6-8H2,1H3,(H,14,16). The van der Waals surface area contributed by atoms with Crippen LogP contribution in [-0.4, -0.2) is 37.8 Å². The molecule has 1 N–H and O–H groups in total. The molecule has 0 spiro atoms. The lowest BCUT2D eigenvalue weighted by Crippen LogP contribution is -2.55. The molecule has 0 bridgehead atoms. The van der Waals surface area contributed by atoms with E-state index in [9.17, 15) is 13.2 Å². The van der Waals surface area contributed by atoms with Gasteiger partial charge in [0.05, 0.1) is 5.75 Å². The number of hydrogen-bond acceptors (Lipinski definition) is 3. The third-order valence-corrected chi connectivity index (χ3v) is 5.23. The van der Waals surface area contributed by atoms with Gasteiger partial charge in [0, 0.05) is 18.1 Å². The molecule has 0 aromatic heterocycles. The number of halogens is 1. The van der Waals surface area contributed by atoms with Crippen molar-refractivity contribution in [3.05, 3.63) is 34.9 Å². The first kappa shape index (κ1) is 14.3. The predicted octanol–water partition coefficient (Wildman–Crippen LogP) is 0.990. The fraction of sp³-hybridized carbons (Fsp3) is 0.417. The molecular formula is C12H15ClN2O3S. The van der Waals surface area contributed by atoms with E-state index in [0.29, 0.717) is 23.7 Å². The zero-order valence-electron chi connectivity index (χ0n) is 10.5. The summed E-state index contributed by atoms with van der Waals surface area (Å²) in [4.78, 5) is 11.5. The number of rotatable bonds is 3. The van der Waals surface area contributed by atoms with Crippen molar-refractivity contribution < 1.29 is 13.2 Å². The lowest BCUT2D eigenvalue weighted by atomic mass is 10.2. The number of carbonyl (C=O) groups excluding carboxylic acids is 1. The predicted molar refractivity (Wildman–Crippen MR) is 73.3 cm³/mol. The molecule has 0 saturated carbocycles. The number of carbonyl (C=O) groups is 1. The van der Waals surface area contributed by atoms with Gasteiger partial charge >= 0.3 is 0 Å². The van der Waals surface area contributed by atoms with Crippen LogP contribution in [-0.2, 0) is 20.6 Å². The molecule has 19 heavy (non-hydrogen) atoms. The second-order valence-electron chi connectivity index (χ2n) is 4.46. The zero-order chi connectivity index (χ0) is 14.0. The molecule has 2 rings (SSSR count). The summed E-state index contributed by atoms with van der Waals surface area (Å²) in [6.45, 7) is 2.25. The number of sulfonamides is 1. The van der Waals surface area contributed by atoms with Crippen molar-refractivity contribution in [2.75, 3.05) is 13.1 Å². The average molecular weight is 303 g/mol. The van der Waals surface area contributed by atoms with Crippen LogP contribution in [0.3, 0.4) is 0 Å². The molecule has 1 heterocycles. The Balaban J connectivity index is 2.18. The lowest BCUT2D eigenvalue weighted by Gasteiger charge is -2.31. The van der Waals surface area contributed by atoms with Crippen LogP contribution in [0.15, 0.2) is 24.3 Å². The topological polar surface area (TPSA) is 66.5 Å². The van der Waals surface area contributed by atoms with Crippen LogP contribution in [0.5, 0.6) is 0 Å². The first-order valence-corrected chi connectivity index (χ1v) is 7.90. The maximum Gasteiger partial charge on any atom is 0.238 e. The number of hydrogen-bond donors (Lipinski definition) is 1. The third kappa shape index (κ3) is 3.26. The third-order valence-electron chi connectivity index (χ3n) is 3.06. The second kappa shape index (κ2) is 5.48. The SMILES string of the molecule is CC1C(=O)NCCN1S(=O)(=O)Cc1ccc(Cl)cc1. The Morgan fingerprint density at radius 2 is 2.00 bits per heavy atom. The highest BCUT2D eigenvalue weighted by Gasteiger charge is 2.34. The molecule has 1 aromatic rings. The molecule has 1 unspecified atom stereocenters. The highest BCUT2D eigenvalue weighted by molar-refractivity contribution is 7.88. The van der Waals surface area contributed by atoms with Crippen LogP contribution < -0.4 is 5.32 Å². The van der Waals surface area contributed by atoms with Crippen LogP contribution in [0.2, 0.25) is 5.02 Å². The molecule has 1 fully saturated rings. The fourth-order valence-electron chi connectivity index (χ4n) is 2.02. The Hall–Kier alpha value is -1.11. The van der Waals surface area contributed by atoms with Gasteiger partial charge in [-0.25, -0.2) is 8.42 Å². The number of benzene rings is 1. The summed E-state index contributed by atoms with van der Waals surface area (Å²) in [7, 11) is -3.50. The van der Waals surface area contributed by atoms with Gasteiger partial charge in [0.1, 0.15) is 6.04 Å². The van der Waals surface area contributed by atoms with Crippen molar-refractivity contribution in [3.63, 3.8) is 0 Å². The number of nitrogens with zero attached hydrogens (tertiary/aromatic N) is 1. The van der Waals surface area contributed by atoms with E-state index in [4.69, 9.17) is 11.6 Å². The van der Waals surface area contributed by atoms with E-state index in [1.807, 2.05) is 0 Å². The van der Waals surface area contributed by atoms with Gasteiger partial charge in [-0.3, -0.25) is 4.79 Å². The molecule has 1 atom stereocenters. The van der Waals surface area contributed by atoms with Gasteiger partial charge in [-0.1, -0.05) is 23.7 Å². The highest BCUT2D eigenvalue weighted by Crippen LogP contribution is 2.17. The molecule has 1 aliphatic rings. The Kier molecular flexibility index (Phi) is 4.13. The minimum Gasteiger partial charge on any atom is -0.353 e. The fourth-order valence-corrected chi connectivity index (χ4v) is 3.87. The maximum absolute atomic E-state index is 12.3. The van der Waals surface area contributed by atoms with Crippen molar-refractivity contribution in [2.24, 2.45) is 0 Å². The van der Waals surface area contributed by atoms with Crippen LogP contribution in [0, 0.1) is 0 Å². The summed E-state index contributed by atoms with van der Waals surface area (Å²) in [5.74, 6) is -0.382. The minimum atomic E-state index is -3.50. The smallest absolute Gasteiger partial charge is 0.238 e. The maximum atomic E-state index is 12.3. The van der Waals surface area contributed by atoms with E-state index in [1.54, 1.807) is 31.2 Å². The Labute approximate surface area is 117 Å². The van der Waals surface area contributed by atoms with Crippen LogP contribution in [0.25, 0.3) is 0 Å². The molecule has 1 aliphatic heterocycles. The van der Waals surface area contributed by atoms with Crippen molar-refractivity contribution in [1.82, 2.24) is 9.62 Å². The Morgan fingerprint density at radius 3 is 2.63 bits per heavy atom. The van der Waals surface area contributed by atoms with E-state index < -0.39 is 16.1 Å². The summed E-state index contributed by atoms with van der Waals surface area (Å²) in [6, 6.07) is 5.99. The van der Waals surface area contributed by atoms with E-state index in [-0.39, 0.29) is 11.7 Å². The zero-order valence-corrected chi connectivity index (χ0v) is 12.0. The summed E-state index contributed by atoms with van der Waals surface area (Å²) in [5, 5.41) is 3.20. The lowest BCUT2D eigenvalue weighted by molar-refractivity contribution is -0.126. The summed E-state index contributed by atoms with van der Waals surface area (Å²) in [6.07, 6.45) is 0. The molecular weight excluding hydrogens is 288 g/mol. The summed E-state index contributed by atoms with van der Waals surface area (Å²) < 4.78 is 25.9. The Bertz CT molecular complexity index is 571. The normalized spacial score (nSPS) is 21.2. The van der Waals surface area contributed by atoms with Crippen LogP contribution in [0.4, 0.5) is 0 Å². The highest BCUT2D eigenvalue weighted by atomic mass is 35.5. The van der Waals surface area contributed by atoms with Gasteiger partial charge in [0.2, 0.25) is 15.9 Å². The molecule has 104 valence electrons. The molecule has 1 amide bonds. The number of nitrogens with one attached hydrogen (secondary N) is 1. The van der Waals surface area contributed by atoms with Gasteiger partial charge in [-0.2, -0.15) is 4.31 Å². The van der Waals surface area contributed by atoms with E-state index in [1.165, 1.54) is 4.31 Å². The van der Waals surface area contributed by atoms with Crippen LogP contribution >= 0.6 is 11.6 Å².